The van der Waals surface area contributed by atoms with Crippen LogP contribution in [0.1, 0.15) is 11.5 Å². The highest BCUT2D eigenvalue weighted by Gasteiger charge is 2.43. The van der Waals surface area contributed by atoms with Gasteiger partial charge in [-0.05, 0) is 18.2 Å². The van der Waals surface area contributed by atoms with Crippen molar-refractivity contribution in [2.75, 3.05) is 13.7 Å². The molecule has 0 aliphatic carbocycles. The number of phenolic OH excluding ortho intramolecular Hbond substituents is 1. The molecule has 10 nitrogen and oxygen atoms in total. The van der Waals surface area contributed by atoms with Crippen LogP contribution in [-0.4, -0.2) is 59.9 Å². The third-order valence-corrected chi connectivity index (χ3v) is 6.26. The molecular weight excluding hydrogens is 436 g/mol. The van der Waals surface area contributed by atoms with Crippen LogP contribution in [0.2, 0.25) is 0 Å². The number of fused-ring (bicyclic) bond motifs is 6. The molecule has 0 unspecified atom stereocenters. The van der Waals surface area contributed by atoms with Gasteiger partial charge in [0.25, 0.3) is 6.29 Å². The molecule has 1 aromatic heterocycles. The maximum absolute atomic E-state index is 13.5. The summed E-state index contributed by atoms with van der Waals surface area (Å²) in [7, 11) is 1.40. The van der Waals surface area contributed by atoms with Crippen molar-refractivity contribution in [1.29, 1.82) is 0 Å². The van der Waals surface area contributed by atoms with Crippen molar-refractivity contribution in [2.24, 2.45) is 0 Å². The van der Waals surface area contributed by atoms with Gasteiger partial charge in [0.05, 0.1) is 24.4 Å². The standard InChI is InChI=1S/C23H20O10/c1-28-14-8-30-23(20(27)18(14)25)33-13-7-12-15(9-5-6-29-22(9)32-12)21-17(13)19(26)16-10(24)3-2-4-11(16)31-21/h2-7,9,14,18,20,22-25,27H,8H2,1H3/t9-,14+,18+,20-,22+,23-/m0/s1. The monoisotopic (exact) mass is 456 g/mol. The molecule has 3 aromatic rings. The van der Waals surface area contributed by atoms with Crippen molar-refractivity contribution in [3.8, 4) is 17.2 Å². The van der Waals surface area contributed by atoms with Crippen LogP contribution >= 0.6 is 0 Å². The highest BCUT2D eigenvalue weighted by Crippen LogP contribution is 2.49. The van der Waals surface area contributed by atoms with Gasteiger partial charge in [-0.3, -0.25) is 4.79 Å². The first-order valence-electron chi connectivity index (χ1n) is 10.4. The van der Waals surface area contributed by atoms with E-state index in [0.717, 1.165) is 0 Å². The molecule has 172 valence electrons. The number of phenols is 1. The van der Waals surface area contributed by atoms with Gasteiger partial charge in [-0.25, -0.2) is 0 Å². The SMILES string of the molecule is CO[C@@H]1CO[C@@H](Oc2cc3c(c4oc5cccc(O)c5c(=O)c24)[C@@H]2C=CO[C@@H]2O3)[C@@H](O)[C@@H]1O. The number of ether oxygens (including phenoxy) is 5. The average Bonchev–Trinajstić information content (AvgIpc) is 3.38. The number of hydrogen-bond donors (Lipinski definition) is 3. The summed E-state index contributed by atoms with van der Waals surface area (Å²) < 4.78 is 34.0. The van der Waals surface area contributed by atoms with Crippen LogP contribution in [0.5, 0.6) is 17.2 Å². The smallest absolute Gasteiger partial charge is 0.250 e. The van der Waals surface area contributed by atoms with Crippen LogP contribution in [0.3, 0.4) is 0 Å². The van der Waals surface area contributed by atoms with Gasteiger partial charge in [0, 0.05) is 13.2 Å². The molecule has 0 bridgehead atoms. The first-order chi connectivity index (χ1) is 16.0. The summed E-state index contributed by atoms with van der Waals surface area (Å²) in [6, 6.07) is 6.05. The summed E-state index contributed by atoms with van der Waals surface area (Å²) in [6.07, 6.45) is -2.00. The quantitative estimate of drug-likeness (QED) is 0.497. The minimum atomic E-state index is -1.44. The molecule has 3 aliphatic rings. The van der Waals surface area contributed by atoms with Gasteiger partial charge < -0.3 is 43.4 Å². The molecule has 3 aliphatic heterocycles. The van der Waals surface area contributed by atoms with Gasteiger partial charge in [-0.1, -0.05) is 6.07 Å². The summed E-state index contributed by atoms with van der Waals surface area (Å²) in [5.41, 5.74) is 0.511. The van der Waals surface area contributed by atoms with E-state index in [1.807, 2.05) is 0 Å². The number of methoxy groups -OCH3 is 1. The van der Waals surface area contributed by atoms with Crippen LogP contribution < -0.4 is 14.9 Å². The summed E-state index contributed by atoms with van der Waals surface area (Å²) in [6.45, 7) is -0.0279. The third-order valence-electron chi connectivity index (χ3n) is 6.26. The third kappa shape index (κ3) is 2.92. The number of aliphatic hydroxyl groups excluding tert-OH is 2. The summed E-state index contributed by atoms with van der Waals surface area (Å²) in [5, 5.41) is 31.2. The van der Waals surface area contributed by atoms with E-state index in [4.69, 9.17) is 28.1 Å². The average molecular weight is 456 g/mol. The normalized spacial score (nSPS) is 30.2. The highest BCUT2D eigenvalue weighted by molar-refractivity contribution is 5.98. The summed E-state index contributed by atoms with van der Waals surface area (Å²) in [5.74, 6) is -0.130. The Morgan fingerprint density at radius 3 is 2.82 bits per heavy atom. The molecular formula is C23H20O10. The molecule has 1 saturated heterocycles. The second-order valence-electron chi connectivity index (χ2n) is 8.12. The summed E-state index contributed by atoms with van der Waals surface area (Å²) >= 11 is 0. The predicted octanol–water partition coefficient (Wildman–Crippen LogP) is 1.47. The zero-order valence-electron chi connectivity index (χ0n) is 17.3. The van der Waals surface area contributed by atoms with Crippen LogP contribution in [0.15, 0.2) is 45.8 Å². The first-order valence-corrected chi connectivity index (χ1v) is 10.4. The number of rotatable bonds is 3. The Balaban J connectivity index is 1.55. The molecule has 3 N–H and O–H groups in total. The topological polar surface area (TPSA) is 137 Å². The molecule has 0 radical (unpaired) electrons. The van der Waals surface area contributed by atoms with Gasteiger partial charge in [0.2, 0.25) is 11.7 Å². The lowest BCUT2D eigenvalue weighted by Crippen LogP contribution is -2.55. The number of aromatic hydroxyl groups is 1. The van der Waals surface area contributed by atoms with Gasteiger partial charge in [0.15, 0.2) is 0 Å². The molecule has 0 saturated carbocycles. The molecule has 33 heavy (non-hydrogen) atoms. The lowest BCUT2D eigenvalue weighted by Gasteiger charge is -2.36. The lowest BCUT2D eigenvalue weighted by molar-refractivity contribution is -0.246. The lowest BCUT2D eigenvalue weighted by atomic mass is 9.97. The van der Waals surface area contributed by atoms with Gasteiger partial charge in [-0.2, -0.15) is 0 Å². The molecule has 6 atom stereocenters. The van der Waals surface area contributed by atoms with Crippen molar-refractivity contribution in [3.63, 3.8) is 0 Å². The van der Waals surface area contributed by atoms with E-state index < -0.39 is 36.3 Å². The Morgan fingerprint density at radius 1 is 1.15 bits per heavy atom. The van der Waals surface area contributed by atoms with Gasteiger partial charge >= 0.3 is 0 Å². The van der Waals surface area contributed by atoms with Crippen LogP contribution in [0.4, 0.5) is 0 Å². The maximum Gasteiger partial charge on any atom is 0.250 e. The number of hydrogen-bond acceptors (Lipinski definition) is 10. The maximum atomic E-state index is 13.5. The number of benzene rings is 2. The molecule has 6 rings (SSSR count). The molecule has 0 spiro atoms. The van der Waals surface area contributed by atoms with Crippen molar-refractivity contribution in [3.05, 3.63) is 52.4 Å². The van der Waals surface area contributed by atoms with E-state index in [1.54, 1.807) is 18.2 Å². The Hall–Kier alpha value is -3.31. The highest BCUT2D eigenvalue weighted by atomic mass is 16.7. The summed E-state index contributed by atoms with van der Waals surface area (Å²) in [4.78, 5) is 13.5. The fraction of sp³-hybridized carbons (Fsp3) is 0.348. The van der Waals surface area contributed by atoms with Gasteiger partial charge in [-0.15, -0.1) is 0 Å². The van der Waals surface area contributed by atoms with Crippen LogP contribution in [0.25, 0.3) is 21.9 Å². The largest absolute Gasteiger partial charge is 0.507 e. The van der Waals surface area contributed by atoms with Crippen molar-refractivity contribution < 1.29 is 43.4 Å². The van der Waals surface area contributed by atoms with E-state index in [-0.39, 0.29) is 46.0 Å². The minimum Gasteiger partial charge on any atom is -0.507 e. The number of aliphatic hydroxyl groups is 2. The predicted molar refractivity (Wildman–Crippen MR) is 112 cm³/mol. The van der Waals surface area contributed by atoms with Crippen molar-refractivity contribution >= 4 is 21.9 Å². The fourth-order valence-corrected chi connectivity index (χ4v) is 4.57. The van der Waals surface area contributed by atoms with Crippen LogP contribution in [-0.2, 0) is 14.2 Å². The van der Waals surface area contributed by atoms with E-state index in [0.29, 0.717) is 11.3 Å². The van der Waals surface area contributed by atoms with E-state index in [9.17, 15) is 20.1 Å². The zero-order chi connectivity index (χ0) is 22.9. The van der Waals surface area contributed by atoms with E-state index >= 15 is 0 Å². The zero-order valence-corrected chi connectivity index (χ0v) is 17.3. The molecule has 10 heteroatoms. The second-order valence-corrected chi connectivity index (χ2v) is 8.12. The van der Waals surface area contributed by atoms with Crippen molar-refractivity contribution in [1.82, 2.24) is 0 Å². The van der Waals surface area contributed by atoms with Gasteiger partial charge in [0.1, 0.15) is 57.5 Å². The Morgan fingerprint density at radius 2 is 2.00 bits per heavy atom. The molecule has 0 amide bonds. The minimum absolute atomic E-state index is 0.00641. The second kappa shape index (κ2) is 7.35. The van der Waals surface area contributed by atoms with Crippen molar-refractivity contribution in [2.45, 2.75) is 36.8 Å². The fourth-order valence-electron chi connectivity index (χ4n) is 4.57. The molecule has 1 fully saturated rings. The Kier molecular flexibility index (Phi) is 4.53. The first kappa shape index (κ1) is 20.3. The Bertz CT molecular complexity index is 1340. The van der Waals surface area contributed by atoms with E-state index in [1.165, 1.54) is 25.5 Å². The van der Waals surface area contributed by atoms with Crippen LogP contribution in [0, 0.1) is 0 Å². The Labute approximate surface area is 186 Å². The molecule has 2 aromatic carbocycles. The van der Waals surface area contributed by atoms with E-state index in [2.05, 4.69) is 0 Å². The molecule has 4 heterocycles.